The van der Waals surface area contributed by atoms with Gasteiger partial charge in [-0.15, -0.1) is 5.10 Å². The molecule has 1 saturated heterocycles. The number of unbranched alkanes of at least 4 members (excludes halogenated alkanes) is 1. The van der Waals surface area contributed by atoms with E-state index in [0.29, 0.717) is 38.3 Å². The van der Waals surface area contributed by atoms with Crippen LogP contribution in [0.15, 0.2) is 30.3 Å². The van der Waals surface area contributed by atoms with E-state index in [1.807, 2.05) is 30.3 Å². The first-order valence-corrected chi connectivity index (χ1v) is 9.70. The summed E-state index contributed by atoms with van der Waals surface area (Å²) >= 11 is 0. The summed E-state index contributed by atoms with van der Waals surface area (Å²) in [5.41, 5.74) is 0.759. The Morgan fingerprint density at radius 1 is 1.21 bits per heavy atom. The molecule has 0 bridgehead atoms. The molecule has 1 N–H and O–H groups in total. The number of likely N-dealkylation sites (tertiary alicyclic amines) is 1. The third kappa shape index (κ3) is 5.28. The van der Waals surface area contributed by atoms with Gasteiger partial charge in [0, 0.05) is 25.3 Å². The summed E-state index contributed by atoms with van der Waals surface area (Å²) < 4.78 is 7.09. The molecule has 0 saturated carbocycles. The van der Waals surface area contributed by atoms with Crippen molar-refractivity contribution in [3.63, 3.8) is 0 Å². The smallest absolute Gasteiger partial charge is 0.321 e. The number of urea groups is 1. The van der Waals surface area contributed by atoms with Gasteiger partial charge in [-0.05, 0) is 41.8 Å². The Balaban J connectivity index is 1.42. The summed E-state index contributed by atoms with van der Waals surface area (Å²) in [6, 6.07) is 9.18. The number of aryl methyl sites for hydroxylation is 1. The van der Waals surface area contributed by atoms with Gasteiger partial charge in [0.05, 0.1) is 5.92 Å². The quantitative estimate of drug-likeness (QED) is 0.734. The van der Waals surface area contributed by atoms with Crippen LogP contribution in [0.3, 0.4) is 0 Å². The van der Waals surface area contributed by atoms with Crippen LogP contribution in [0.4, 0.5) is 10.5 Å². The van der Waals surface area contributed by atoms with Crippen LogP contribution >= 0.6 is 0 Å². The molecular weight excluding hydrogens is 360 g/mol. The summed E-state index contributed by atoms with van der Waals surface area (Å²) in [5.74, 6) is 0.0929. The van der Waals surface area contributed by atoms with Crippen molar-refractivity contribution in [1.29, 1.82) is 0 Å². The fraction of sp³-hybridized carbons (Fsp3) is 0.526. The van der Waals surface area contributed by atoms with Gasteiger partial charge in [-0.2, -0.15) is 0 Å². The number of carbonyl (C=O) groups is 2. The first-order valence-electron chi connectivity index (χ1n) is 9.70. The van der Waals surface area contributed by atoms with E-state index in [0.717, 1.165) is 18.5 Å². The predicted octanol–water partition coefficient (Wildman–Crippen LogP) is 2.46. The van der Waals surface area contributed by atoms with Gasteiger partial charge in [0.25, 0.3) is 0 Å². The fourth-order valence-electron chi connectivity index (χ4n) is 3.10. The zero-order valence-electron chi connectivity index (χ0n) is 16.1. The van der Waals surface area contributed by atoms with Gasteiger partial charge in [0.2, 0.25) is 0 Å². The number of nitrogens with one attached hydrogen (secondary N) is 1. The molecule has 0 aliphatic carbocycles. The Labute approximate surface area is 164 Å². The van der Waals surface area contributed by atoms with Crippen molar-refractivity contribution in [2.24, 2.45) is 5.92 Å². The number of tetrazole rings is 1. The number of hydrogen-bond donors (Lipinski definition) is 1. The van der Waals surface area contributed by atoms with Crippen molar-refractivity contribution in [3.05, 3.63) is 36.2 Å². The van der Waals surface area contributed by atoms with Crippen LogP contribution in [-0.4, -0.2) is 50.2 Å². The second kappa shape index (κ2) is 9.82. The fourth-order valence-corrected chi connectivity index (χ4v) is 3.10. The summed E-state index contributed by atoms with van der Waals surface area (Å²) in [4.78, 5) is 26.4. The van der Waals surface area contributed by atoms with Crippen LogP contribution in [0.25, 0.3) is 0 Å². The van der Waals surface area contributed by atoms with Crippen molar-refractivity contribution in [2.45, 2.75) is 45.8 Å². The Morgan fingerprint density at radius 3 is 2.68 bits per heavy atom. The lowest BCUT2D eigenvalue weighted by atomic mass is 9.97. The van der Waals surface area contributed by atoms with Crippen LogP contribution in [0.5, 0.6) is 0 Å². The average Bonchev–Trinajstić information content (AvgIpc) is 3.18. The SMILES string of the molecule is CCCCn1nnnc1COC(=O)C1CCN(C(=O)Nc2ccccc2)CC1. The molecule has 2 amide bonds. The van der Waals surface area contributed by atoms with Gasteiger partial charge < -0.3 is 15.0 Å². The second-order valence-electron chi connectivity index (χ2n) is 6.84. The highest BCUT2D eigenvalue weighted by Crippen LogP contribution is 2.20. The molecule has 2 heterocycles. The molecule has 28 heavy (non-hydrogen) atoms. The number of ether oxygens (including phenoxy) is 1. The summed E-state index contributed by atoms with van der Waals surface area (Å²) in [6.07, 6.45) is 3.18. The van der Waals surface area contributed by atoms with Crippen LogP contribution in [0.2, 0.25) is 0 Å². The zero-order valence-corrected chi connectivity index (χ0v) is 16.1. The number of hydrogen-bond acceptors (Lipinski definition) is 6. The molecular formula is C19H26N6O3. The van der Waals surface area contributed by atoms with Crippen molar-refractivity contribution in [1.82, 2.24) is 25.1 Å². The maximum atomic E-state index is 12.4. The van der Waals surface area contributed by atoms with Crippen molar-refractivity contribution in [2.75, 3.05) is 18.4 Å². The van der Waals surface area contributed by atoms with E-state index in [4.69, 9.17) is 4.74 Å². The summed E-state index contributed by atoms with van der Waals surface area (Å²) in [7, 11) is 0. The topological polar surface area (TPSA) is 102 Å². The lowest BCUT2D eigenvalue weighted by Gasteiger charge is -2.30. The molecule has 0 spiro atoms. The molecule has 1 fully saturated rings. The number of anilines is 1. The summed E-state index contributed by atoms with van der Waals surface area (Å²) in [6.45, 7) is 3.92. The normalized spacial score (nSPS) is 14.7. The molecule has 9 nitrogen and oxygen atoms in total. The maximum Gasteiger partial charge on any atom is 0.321 e. The second-order valence-corrected chi connectivity index (χ2v) is 6.84. The highest BCUT2D eigenvalue weighted by atomic mass is 16.5. The number of esters is 1. The molecule has 0 radical (unpaired) electrons. The number of nitrogens with zero attached hydrogens (tertiary/aromatic N) is 5. The maximum absolute atomic E-state index is 12.4. The predicted molar refractivity (Wildman–Crippen MR) is 102 cm³/mol. The number of amides is 2. The van der Waals surface area contributed by atoms with Crippen LogP contribution in [0.1, 0.15) is 38.4 Å². The molecule has 1 aromatic carbocycles. The molecule has 1 aliphatic rings. The first kappa shape index (κ1) is 19.8. The number of aromatic nitrogens is 4. The lowest BCUT2D eigenvalue weighted by Crippen LogP contribution is -2.42. The standard InChI is InChI=1S/C19H26N6O3/c1-2-3-11-25-17(21-22-23-25)14-28-18(26)15-9-12-24(13-10-15)19(27)20-16-7-5-4-6-8-16/h4-8,15H,2-3,9-14H2,1H3,(H,20,27). The number of benzene rings is 1. The molecule has 1 aromatic heterocycles. The highest BCUT2D eigenvalue weighted by molar-refractivity contribution is 5.89. The van der Waals surface area contributed by atoms with E-state index in [1.54, 1.807) is 9.58 Å². The average molecular weight is 386 g/mol. The van der Waals surface area contributed by atoms with E-state index in [1.165, 1.54) is 0 Å². The number of carbonyl (C=O) groups excluding carboxylic acids is 2. The highest BCUT2D eigenvalue weighted by Gasteiger charge is 2.28. The minimum atomic E-state index is -0.256. The van der Waals surface area contributed by atoms with Crippen molar-refractivity contribution < 1.29 is 14.3 Å². The Kier molecular flexibility index (Phi) is 6.94. The van der Waals surface area contributed by atoms with Gasteiger partial charge in [-0.1, -0.05) is 31.5 Å². The van der Waals surface area contributed by atoms with E-state index in [9.17, 15) is 9.59 Å². The van der Waals surface area contributed by atoms with Gasteiger partial charge in [0.15, 0.2) is 12.4 Å². The van der Waals surface area contributed by atoms with Crippen molar-refractivity contribution >= 4 is 17.7 Å². The van der Waals surface area contributed by atoms with E-state index >= 15 is 0 Å². The lowest BCUT2D eigenvalue weighted by molar-refractivity contribution is -0.151. The number of rotatable bonds is 7. The number of para-hydroxylation sites is 1. The molecule has 9 heteroatoms. The molecule has 1 aliphatic heterocycles. The molecule has 0 atom stereocenters. The van der Waals surface area contributed by atoms with Crippen molar-refractivity contribution in [3.8, 4) is 0 Å². The Hall–Kier alpha value is -2.97. The van der Waals surface area contributed by atoms with Gasteiger partial charge in [-0.3, -0.25) is 4.79 Å². The molecule has 0 unspecified atom stereocenters. The van der Waals surface area contributed by atoms with Crippen LogP contribution in [0, 0.1) is 5.92 Å². The van der Waals surface area contributed by atoms with Crippen LogP contribution in [-0.2, 0) is 22.7 Å². The zero-order chi connectivity index (χ0) is 19.8. The van der Waals surface area contributed by atoms with E-state index in [-0.39, 0.29) is 24.5 Å². The van der Waals surface area contributed by atoms with E-state index in [2.05, 4.69) is 27.8 Å². The Morgan fingerprint density at radius 2 is 1.96 bits per heavy atom. The third-order valence-corrected chi connectivity index (χ3v) is 4.81. The third-order valence-electron chi connectivity index (χ3n) is 4.81. The van der Waals surface area contributed by atoms with Gasteiger partial charge in [-0.25, -0.2) is 9.48 Å². The van der Waals surface area contributed by atoms with Crippen LogP contribution < -0.4 is 5.32 Å². The first-order chi connectivity index (χ1) is 13.7. The van der Waals surface area contributed by atoms with E-state index < -0.39 is 0 Å². The molecule has 2 aromatic rings. The largest absolute Gasteiger partial charge is 0.457 e. The van der Waals surface area contributed by atoms with Gasteiger partial charge in [0.1, 0.15) is 0 Å². The summed E-state index contributed by atoms with van der Waals surface area (Å²) in [5, 5.41) is 14.4. The Bertz CT molecular complexity index is 771. The van der Waals surface area contributed by atoms with Gasteiger partial charge >= 0.3 is 12.0 Å². The molecule has 3 rings (SSSR count). The minimum absolute atomic E-state index is 0.0737. The molecule has 150 valence electrons. The number of piperidine rings is 1. The minimum Gasteiger partial charge on any atom is -0.457 e. The monoisotopic (exact) mass is 386 g/mol.